The van der Waals surface area contributed by atoms with Crippen LogP contribution in [0.2, 0.25) is 0 Å². The SMILES string of the molecule is Cc1ccc(S(=O)(=O)N2CCN(C(=O)N/C=C/c3ccccc3F)CC2)cc1. The number of carbonyl (C=O) groups is 1. The van der Waals surface area contributed by atoms with Crippen LogP contribution in [0.3, 0.4) is 0 Å². The lowest BCUT2D eigenvalue weighted by atomic mass is 10.2. The van der Waals surface area contributed by atoms with Crippen molar-refractivity contribution in [2.75, 3.05) is 26.2 Å². The van der Waals surface area contributed by atoms with E-state index in [1.165, 1.54) is 27.5 Å². The molecule has 0 radical (unpaired) electrons. The molecule has 2 aromatic rings. The number of sulfonamides is 1. The summed E-state index contributed by atoms with van der Waals surface area (Å²) in [6.45, 7) is 2.91. The lowest BCUT2D eigenvalue weighted by molar-refractivity contribution is 0.175. The molecule has 2 aromatic carbocycles. The van der Waals surface area contributed by atoms with Crippen LogP contribution < -0.4 is 5.32 Å². The molecule has 0 bridgehead atoms. The van der Waals surface area contributed by atoms with Gasteiger partial charge in [-0.25, -0.2) is 17.6 Å². The number of piperazine rings is 1. The van der Waals surface area contributed by atoms with Crippen LogP contribution in [0.25, 0.3) is 6.08 Å². The van der Waals surface area contributed by atoms with Crippen molar-refractivity contribution in [3.8, 4) is 0 Å². The Kier molecular flexibility index (Phi) is 6.11. The van der Waals surface area contributed by atoms with Crippen molar-refractivity contribution >= 4 is 22.1 Å². The highest BCUT2D eigenvalue weighted by molar-refractivity contribution is 7.89. The summed E-state index contributed by atoms with van der Waals surface area (Å²) in [6, 6.07) is 12.6. The Hall–Kier alpha value is -2.71. The first kappa shape index (κ1) is 20.0. The molecule has 0 aromatic heterocycles. The normalized spacial score (nSPS) is 15.7. The summed E-state index contributed by atoms with van der Waals surface area (Å²) in [5.41, 5.74) is 1.36. The number of benzene rings is 2. The van der Waals surface area contributed by atoms with Crippen LogP contribution in [-0.2, 0) is 10.0 Å². The molecular formula is C20H22FN3O3S. The zero-order valence-electron chi connectivity index (χ0n) is 15.5. The van der Waals surface area contributed by atoms with Gasteiger partial charge < -0.3 is 10.2 Å². The fraction of sp³-hybridized carbons (Fsp3) is 0.250. The molecule has 1 aliphatic heterocycles. The topological polar surface area (TPSA) is 69.7 Å². The largest absolute Gasteiger partial charge is 0.322 e. The van der Waals surface area contributed by atoms with Gasteiger partial charge in [-0.2, -0.15) is 4.31 Å². The highest BCUT2D eigenvalue weighted by Crippen LogP contribution is 2.18. The molecule has 2 amide bonds. The Bertz CT molecular complexity index is 966. The minimum absolute atomic E-state index is 0.223. The van der Waals surface area contributed by atoms with Crippen LogP contribution >= 0.6 is 0 Å². The summed E-state index contributed by atoms with van der Waals surface area (Å²) in [4.78, 5) is 14.0. The predicted molar refractivity (Wildman–Crippen MR) is 105 cm³/mol. The Morgan fingerprint density at radius 3 is 2.32 bits per heavy atom. The summed E-state index contributed by atoms with van der Waals surface area (Å²) in [6.07, 6.45) is 2.86. The van der Waals surface area contributed by atoms with Gasteiger partial charge in [0.2, 0.25) is 10.0 Å². The van der Waals surface area contributed by atoms with Gasteiger partial charge in [0.1, 0.15) is 5.82 Å². The predicted octanol–water partition coefficient (Wildman–Crippen LogP) is 2.82. The van der Waals surface area contributed by atoms with Gasteiger partial charge in [-0.1, -0.05) is 35.9 Å². The second kappa shape index (κ2) is 8.53. The summed E-state index contributed by atoms with van der Waals surface area (Å²) >= 11 is 0. The molecule has 1 saturated heterocycles. The van der Waals surface area contributed by atoms with Gasteiger partial charge in [-0.3, -0.25) is 0 Å². The molecule has 0 saturated carbocycles. The number of aryl methyl sites for hydroxylation is 1. The minimum Gasteiger partial charge on any atom is -0.322 e. The van der Waals surface area contributed by atoms with Crippen LogP contribution in [0.4, 0.5) is 9.18 Å². The van der Waals surface area contributed by atoms with Crippen LogP contribution in [0.1, 0.15) is 11.1 Å². The van der Waals surface area contributed by atoms with Crippen molar-refractivity contribution in [1.82, 2.24) is 14.5 Å². The number of nitrogens with one attached hydrogen (secondary N) is 1. The van der Waals surface area contributed by atoms with E-state index >= 15 is 0 Å². The maximum absolute atomic E-state index is 13.5. The molecule has 0 unspecified atom stereocenters. The maximum atomic E-state index is 13.5. The van der Waals surface area contributed by atoms with Crippen molar-refractivity contribution in [2.24, 2.45) is 0 Å². The van der Waals surface area contributed by atoms with Gasteiger partial charge in [-0.15, -0.1) is 0 Å². The highest BCUT2D eigenvalue weighted by atomic mass is 32.2. The molecule has 148 valence electrons. The van der Waals surface area contributed by atoms with Gasteiger partial charge in [-0.05, 0) is 31.2 Å². The van der Waals surface area contributed by atoms with Gasteiger partial charge in [0.25, 0.3) is 0 Å². The molecular weight excluding hydrogens is 381 g/mol. The number of hydrogen-bond acceptors (Lipinski definition) is 3. The molecule has 0 aliphatic carbocycles. The molecule has 0 atom stereocenters. The fourth-order valence-corrected chi connectivity index (χ4v) is 4.32. The number of hydrogen-bond donors (Lipinski definition) is 1. The van der Waals surface area contributed by atoms with E-state index in [1.807, 2.05) is 6.92 Å². The number of urea groups is 1. The van der Waals surface area contributed by atoms with E-state index in [0.717, 1.165) is 5.56 Å². The van der Waals surface area contributed by atoms with Gasteiger partial charge in [0, 0.05) is 37.9 Å². The quantitative estimate of drug-likeness (QED) is 0.854. The number of amides is 2. The Balaban J connectivity index is 1.55. The van der Waals surface area contributed by atoms with Crippen molar-refractivity contribution in [3.05, 3.63) is 71.7 Å². The Labute approximate surface area is 164 Å². The van der Waals surface area contributed by atoms with E-state index in [2.05, 4.69) is 5.32 Å². The summed E-state index contributed by atoms with van der Waals surface area (Å²) in [7, 11) is -3.57. The van der Waals surface area contributed by atoms with Gasteiger partial charge >= 0.3 is 6.03 Å². The van der Waals surface area contributed by atoms with E-state index in [0.29, 0.717) is 5.56 Å². The lowest BCUT2D eigenvalue weighted by Crippen LogP contribution is -2.52. The van der Waals surface area contributed by atoms with E-state index in [-0.39, 0.29) is 42.9 Å². The second-order valence-corrected chi connectivity index (χ2v) is 8.45. The van der Waals surface area contributed by atoms with Crippen LogP contribution in [0, 0.1) is 12.7 Å². The van der Waals surface area contributed by atoms with E-state index < -0.39 is 10.0 Å². The fourth-order valence-electron chi connectivity index (χ4n) is 2.90. The second-order valence-electron chi connectivity index (χ2n) is 6.51. The Morgan fingerprint density at radius 2 is 1.68 bits per heavy atom. The number of halogens is 1. The van der Waals surface area contributed by atoms with Crippen molar-refractivity contribution in [3.63, 3.8) is 0 Å². The maximum Gasteiger partial charge on any atom is 0.321 e. The standard InChI is InChI=1S/C20H22FN3O3S/c1-16-6-8-18(9-7-16)28(26,27)24-14-12-23(13-15-24)20(25)22-11-10-17-4-2-3-5-19(17)21/h2-11H,12-15H2,1H3,(H,22,25)/b11-10+. The molecule has 1 N–H and O–H groups in total. The first-order valence-corrected chi connectivity index (χ1v) is 10.4. The first-order chi connectivity index (χ1) is 13.4. The smallest absolute Gasteiger partial charge is 0.321 e. The van der Waals surface area contributed by atoms with Crippen LogP contribution in [0.5, 0.6) is 0 Å². The average molecular weight is 403 g/mol. The summed E-state index contributed by atoms with van der Waals surface area (Å²) < 4.78 is 40.3. The summed E-state index contributed by atoms with van der Waals surface area (Å²) in [5.74, 6) is -0.372. The monoisotopic (exact) mass is 403 g/mol. The number of carbonyl (C=O) groups excluding carboxylic acids is 1. The average Bonchev–Trinajstić information content (AvgIpc) is 2.70. The first-order valence-electron chi connectivity index (χ1n) is 8.91. The van der Waals surface area contributed by atoms with Crippen molar-refractivity contribution < 1.29 is 17.6 Å². The molecule has 3 rings (SSSR count). The number of nitrogens with zero attached hydrogens (tertiary/aromatic N) is 2. The highest BCUT2D eigenvalue weighted by Gasteiger charge is 2.29. The molecule has 0 spiro atoms. The molecule has 28 heavy (non-hydrogen) atoms. The number of rotatable bonds is 4. The molecule has 6 nitrogen and oxygen atoms in total. The zero-order chi connectivity index (χ0) is 20.1. The summed E-state index contributed by atoms with van der Waals surface area (Å²) in [5, 5.41) is 2.59. The van der Waals surface area contributed by atoms with Crippen molar-refractivity contribution in [1.29, 1.82) is 0 Å². The molecule has 1 heterocycles. The molecule has 1 fully saturated rings. The van der Waals surface area contributed by atoms with E-state index in [4.69, 9.17) is 0 Å². The van der Waals surface area contributed by atoms with Gasteiger partial charge in [0.15, 0.2) is 0 Å². The van der Waals surface area contributed by atoms with Crippen molar-refractivity contribution in [2.45, 2.75) is 11.8 Å². The lowest BCUT2D eigenvalue weighted by Gasteiger charge is -2.33. The van der Waals surface area contributed by atoms with Crippen LogP contribution in [-0.4, -0.2) is 49.8 Å². The van der Waals surface area contributed by atoms with E-state index in [9.17, 15) is 17.6 Å². The zero-order valence-corrected chi connectivity index (χ0v) is 16.3. The van der Waals surface area contributed by atoms with E-state index in [1.54, 1.807) is 42.5 Å². The van der Waals surface area contributed by atoms with Crippen LogP contribution in [0.15, 0.2) is 59.6 Å². The third-order valence-electron chi connectivity index (χ3n) is 4.56. The molecule has 8 heteroatoms. The van der Waals surface area contributed by atoms with Gasteiger partial charge in [0.05, 0.1) is 4.90 Å². The minimum atomic E-state index is -3.57. The third kappa shape index (κ3) is 4.58. The molecule has 1 aliphatic rings. The Morgan fingerprint density at radius 1 is 1.04 bits per heavy atom. The third-order valence-corrected chi connectivity index (χ3v) is 6.47.